The van der Waals surface area contributed by atoms with Crippen molar-refractivity contribution in [1.29, 1.82) is 0 Å². The largest absolute Gasteiger partial charge is 0.311 e. The average Bonchev–Trinajstić information content (AvgIpc) is 3.17. The SMILES string of the molecule is CCc1ccc([C@@H](CNCc2c(C)nn([C@H]3CCS(=O)(=O)C3)c2C)N(C)C)cc1. The quantitative estimate of drug-likeness (QED) is 0.714. The van der Waals surface area contributed by atoms with Crippen LogP contribution in [-0.2, 0) is 22.8 Å². The maximum absolute atomic E-state index is 11.8. The molecule has 2 aromatic rings. The Balaban J connectivity index is 1.67. The van der Waals surface area contributed by atoms with Crippen molar-refractivity contribution in [2.24, 2.45) is 0 Å². The molecule has 1 aromatic heterocycles. The minimum atomic E-state index is -2.92. The predicted molar refractivity (Wildman–Crippen MR) is 118 cm³/mol. The summed E-state index contributed by atoms with van der Waals surface area (Å²) in [5.41, 5.74) is 5.89. The molecule has 160 valence electrons. The van der Waals surface area contributed by atoms with Gasteiger partial charge in [0.05, 0.1) is 23.2 Å². The van der Waals surface area contributed by atoms with E-state index in [9.17, 15) is 8.42 Å². The lowest BCUT2D eigenvalue weighted by Crippen LogP contribution is -2.31. The maximum Gasteiger partial charge on any atom is 0.152 e. The van der Waals surface area contributed by atoms with Crippen molar-refractivity contribution in [3.05, 3.63) is 52.3 Å². The first-order valence-corrected chi connectivity index (χ1v) is 12.2. The number of aromatic nitrogens is 2. The Bertz CT molecular complexity index is 932. The van der Waals surface area contributed by atoms with E-state index in [1.54, 1.807) is 0 Å². The lowest BCUT2D eigenvalue weighted by Gasteiger charge is -2.25. The van der Waals surface area contributed by atoms with E-state index in [0.717, 1.165) is 30.9 Å². The predicted octanol–water partition coefficient (Wildman–Crippen LogP) is 2.81. The van der Waals surface area contributed by atoms with Gasteiger partial charge in [0, 0.05) is 30.4 Å². The van der Waals surface area contributed by atoms with Gasteiger partial charge < -0.3 is 10.2 Å². The number of hydrogen-bond donors (Lipinski definition) is 1. The first-order valence-electron chi connectivity index (χ1n) is 10.4. The third-order valence-electron chi connectivity index (χ3n) is 6.06. The van der Waals surface area contributed by atoms with E-state index in [0.29, 0.717) is 6.42 Å². The van der Waals surface area contributed by atoms with Gasteiger partial charge in [-0.2, -0.15) is 5.10 Å². The molecule has 0 amide bonds. The number of nitrogens with zero attached hydrogens (tertiary/aromatic N) is 3. The molecule has 0 bridgehead atoms. The Morgan fingerprint density at radius 3 is 2.48 bits per heavy atom. The Labute approximate surface area is 175 Å². The Morgan fingerprint density at radius 2 is 1.93 bits per heavy atom. The average molecular weight is 419 g/mol. The van der Waals surface area contributed by atoms with E-state index >= 15 is 0 Å². The summed E-state index contributed by atoms with van der Waals surface area (Å²) in [5, 5.41) is 8.27. The van der Waals surface area contributed by atoms with Crippen LogP contribution in [0.4, 0.5) is 0 Å². The van der Waals surface area contributed by atoms with E-state index in [1.807, 2.05) is 11.6 Å². The van der Waals surface area contributed by atoms with Crippen LogP contribution in [0.25, 0.3) is 0 Å². The molecule has 0 radical (unpaired) electrons. The van der Waals surface area contributed by atoms with Gasteiger partial charge in [0.25, 0.3) is 0 Å². The summed E-state index contributed by atoms with van der Waals surface area (Å²) in [7, 11) is 1.29. The number of hydrogen-bond acceptors (Lipinski definition) is 5. The molecule has 2 heterocycles. The second-order valence-electron chi connectivity index (χ2n) is 8.36. The first-order chi connectivity index (χ1) is 13.7. The smallest absolute Gasteiger partial charge is 0.152 e. The third kappa shape index (κ3) is 5.08. The molecule has 0 saturated carbocycles. The monoisotopic (exact) mass is 418 g/mol. The zero-order valence-electron chi connectivity index (χ0n) is 18.3. The van der Waals surface area contributed by atoms with E-state index in [-0.39, 0.29) is 23.6 Å². The fraction of sp³-hybridized carbons (Fsp3) is 0.591. The number of nitrogens with one attached hydrogen (secondary N) is 1. The topological polar surface area (TPSA) is 67.2 Å². The molecule has 6 nitrogen and oxygen atoms in total. The Hall–Kier alpha value is -1.70. The number of benzene rings is 1. The van der Waals surface area contributed by atoms with Gasteiger partial charge in [-0.3, -0.25) is 4.68 Å². The molecule has 1 aromatic carbocycles. The van der Waals surface area contributed by atoms with Crippen LogP contribution in [0.5, 0.6) is 0 Å². The summed E-state index contributed by atoms with van der Waals surface area (Å²) in [4.78, 5) is 2.24. The second kappa shape index (κ2) is 8.98. The number of rotatable bonds is 8. The lowest BCUT2D eigenvalue weighted by atomic mass is 10.0. The van der Waals surface area contributed by atoms with E-state index in [4.69, 9.17) is 0 Å². The normalized spacial score (nSPS) is 19.7. The molecular weight excluding hydrogens is 384 g/mol. The molecule has 1 aliphatic heterocycles. The summed E-state index contributed by atoms with van der Waals surface area (Å²) in [6, 6.07) is 9.12. The molecule has 0 aliphatic carbocycles. The number of likely N-dealkylation sites (N-methyl/N-ethyl adjacent to an activating group) is 1. The van der Waals surface area contributed by atoms with Gasteiger partial charge >= 0.3 is 0 Å². The van der Waals surface area contributed by atoms with Crippen LogP contribution >= 0.6 is 0 Å². The summed E-state index contributed by atoms with van der Waals surface area (Å²) in [6.45, 7) is 7.80. The molecule has 1 fully saturated rings. The van der Waals surface area contributed by atoms with Crippen molar-refractivity contribution in [1.82, 2.24) is 20.0 Å². The first kappa shape index (κ1) is 22.0. The molecule has 1 aliphatic rings. The molecule has 29 heavy (non-hydrogen) atoms. The highest BCUT2D eigenvalue weighted by atomic mass is 32.2. The van der Waals surface area contributed by atoms with Crippen molar-refractivity contribution in [3.63, 3.8) is 0 Å². The summed E-state index contributed by atoms with van der Waals surface area (Å²) in [6.07, 6.45) is 1.71. The van der Waals surface area contributed by atoms with Crippen LogP contribution in [0.15, 0.2) is 24.3 Å². The van der Waals surface area contributed by atoms with Gasteiger partial charge in [0.1, 0.15) is 0 Å². The van der Waals surface area contributed by atoms with Crippen LogP contribution in [0.1, 0.15) is 53.5 Å². The molecule has 0 spiro atoms. The highest BCUT2D eigenvalue weighted by Crippen LogP contribution is 2.27. The molecular formula is C22H34N4O2S. The van der Waals surface area contributed by atoms with E-state index in [2.05, 4.69) is 67.5 Å². The third-order valence-corrected chi connectivity index (χ3v) is 7.82. The van der Waals surface area contributed by atoms with Crippen molar-refractivity contribution < 1.29 is 8.42 Å². The van der Waals surface area contributed by atoms with Crippen LogP contribution in [0, 0.1) is 13.8 Å². The molecule has 2 atom stereocenters. The highest BCUT2D eigenvalue weighted by Gasteiger charge is 2.31. The summed E-state index contributed by atoms with van der Waals surface area (Å²) >= 11 is 0. The van der Waals surface area contributed by atoms with Gasteiger partial charge in [0.15, 0.2) is 9.84 Å². The van der Waals surface area contributed by atoms with Crippen molar-refractivity contribution in [2.45, 2.75) is 52.2 Å². The maximum atomic E-state index is 11.8. The fourth-order valence-corrected chi connectivity index (χ4v) is 5.88. The fourth-order valence-electron chi connectivity index (χ4n) is 4.18. The Kier molecular flexibility index (Phi) is 6.81. The van der Waals surface area contributed by atoms with Crippen LogP contribution in [-0.4, -0.2) is 55.2 Å². The van der Waals surface area contributed by atoms with Gasteiger partial charge in [-0.25, -0.2) is 8.42 Å². The van der Waals surface area contributed by atoms with Crippen LogP contribution in [0.3, 0.4) is 0 Å². The summed E-state index contributed by atoms with van der Waals surface area (Å²) < 4.78 is 25.6. The van der Waals surface area contributed by atoms with Crippen LogP contribution < -0.4 is 5.32 Å². The van der Waals surface area contributed by atoms with Crippen molar-refractivity contribution >= 4 is 9.84 Å². The second-order valence-corrected chi connectivity index (χ2v) is 10.6. The zero-order valence-corrected chi connectivity index (χ0v) is 19.1. The molecule has 0 unspecified atom stereocenters. The van der Waals surface area contributed by atoms with Crippen molar-refractivity contribution in [2.75, 3.05) is 32.1 Å². The standard InChI is InChI=1S/C22H34N4O2S/c1-6-18-7-9-19(10-8-18)22(25(4)5)14-23-13-21-16(2)24-26(17(21)3)20-11-12-29(27,28)15-20/h7-10,20,22-23H,6,11-15H2,1-5H3/t20-,22+/m0/s1. The Morgan fingerprint density at radius 1 is 1.24 bits per heavy atom. The van der Waals surface area contributed by atoms with Gasteiger partial charge in [-0.15, -0.1) is 0 Å². The zero-order chi connectivity index (χ0) is 21.2. The van der Waals surface area contributed by atoms with Gasteiger partial charge in [-0.05, 0) is 51.9 Å². The molecule has 1 N–H and O–H groups in total. The highest BCUT2D eigenvalue weighted by molar-refractivity contribution is 7.91. The van der Waals surface area contributed by atoms with Crippen molar-refractivity contribution in [3.8, 4) is 0 Å². The minimum Gasteiger partial charge on any atom is -0.311 e. The van der Waals surface area contributed by atoms with Gasteiger partial charge in [-0.1, -0.05) is 31.2 Å². The summed E-state index contributed by atoms with van der Waals surface area (Å²) in [5.74, 6) is 0.475. The molecule has 1 saturated heterocycles. The molecule has 7 heteroatoms. The van der Waals surface area contributed by atoms with E-state index in [1.165, 1.54) is 16.7 Å². The lowest BCUT2D eigenvalue weighted by molar-refractivity contribution is 0.288. The van der Waals surface area contributed by atoms with E-state index < -0.39 is 9.84 Å². The van der Waals surface area contributed by atoms with Gasteiger partial charge in [0.2, 0.25) is 0 Å². The number of aryl methyl sites for hydroxylation is 2. The number of sulfone groups is 1. The van der Waals surface area contributed by atoms with Crippen LogP contribution in [0.2, 0.25) is 0 Å². The molecule has 3 rings (SSSR count). The minimum absolute atomic E-state index is 0.0287.